The topological polar surface area (TPSA) is 44.3 Å². The highest BCUT2D eigenvalue weighted by Gasteiger charge is 2.16. The lowest BCUT2D eigenvalue weighted by Gasteiger charge is -2.05. The van der Waals surface area contributed by atoms with Gasteiger partial charge in [0.25, 0.3) is 0 Å². The normalized spacial score (nSPS) is 14.3. The standard InChI is InChI=1S/C17H14N4/c1-20-10-14-4-3-13(6-15(14)11-20)16-8-19-17-5-2-12(7-18)9-21(16)17/h2-6,8-9H,10-11H2,1H3. The van der Waals surface area contributed by atoms with E-state index in [0.29, 0.717) is 5.56 Å². The van der Waals surface area contributed by atoms with Gasteiger partial charge in [-0.3, -0.25) is 9.30 Å². The lowest BCUT2D eigenvalue weighted by Crippen LogP contribution is -2.07. The number of fused-ring (bicyclic) bond motifs is 2. The fourth-order valence-electron chi connectivity index (χ4n) is 2.98. The van der Waals surface area contributed by atoms with Crippen LogP contribution in [0.25, 0.3) is 16.9 Å². The van der Waals surface area contributed by atoms with E-state index < -0.39 is 0 Å². The van der Waals surface area contributed by atoms with Crippen LogP contribution in [0.5, 0.6) is 0 Å². The second-order valence-electron chi connectivity index (χ2n) is 5.56. The Labute approximate surface area is 122 Å². The van der Waals surface area contributed by atoms with E-state index in [1.807, 2.05) is 22.9 Å². The van der Waals surface area contributed by atoms with E-state index >= 15 is 0 Å². The van der Waals surface area contributed by atoms with Gasteiger partial charge >= 0.3 is 0 Å². The second kappa shape index (κ2) is 4.44. The third-order valence-corrected chi connectivity index (χ3v) is 4.02. The number of rotatable bonds is 1. The zero-order valence-corrected chi connectivity index (χ0v) is 11.7. The highest BCUT2D eigenvalue weighted by atomic mass is 15.1. The minimum absolute atomic E-state index is 0.641. The zero-order valence-electron chi connectivity index (χ0n) is 11.7. The minimum atomic E-state index is 0.641. The summed E-state index contributed by atoms with van der Waals surface area (Å²) in [6.45, 7) is 2.00. The summed E-state index contributed by atoms with van der Waals surface area (Å²) in [5, 5.41) is 9.06. The van der Waals surface area contributed by atoms with Crippen LogP contribution in [0.1, 0.15) is 16.7 Å². The van der Waals surface area contributed by atoms with Gasteiger partial charge in [0.15, 0.2) is 0 Å². The van der Waals surface area contributed by atoms with Crippen molar-refractivity contribution in [3.63, 3.8) is 0 Å². The fraction of sp³-hybridized carbons (Fsp3) is 0.176. The Morgan fingerprint density at radius 1 is 1.14 bits per heavy atom. The zero-order chi connectivity index (χ0) is 14.4. The summed E-state index contributed by atoms with van der Waals surface area (Å²) in [7, 11) is 2.13. The van der Waals surface area contributed by atoms with Crippen LogP contribution in [-0.2, 0) is 13.1 Å². The first-order valence-corrected chi connectivity index (χ1v) is 6.92. The fourth-order valence-corrected chi connectivity index (χ4v) is 2.98. The number of nitriles is 1. The average molecular weight is 274 g/mol. The Hall–Kier alpha value is -2.64. The monoisotopic (exact) mass is 274 g/mol. The first kappa shape index (κ1) is 12.1. The molecule has 2 aromatic heterocycles. The molecule has 0 saturated carbocycles. The van der Waals surface area contributed by atoms with Crippen LogP contribution in [0.15, 0.2) is 42.7 Å². The maximum Gasteiger partial charge on any atom is 0.137 e. The van der Waals surface area contributed by atoms with Gasteiger partial charge in [-0.15, -0.1) is 0 Å². The Morgan fingerprint density at radius 3 is 2.86 bits per heavy atom. The Balaban J connectivity index is 1.87. The molecular weight excluding hydrogens is 260 g/mol. The van der Waals surface area contributed by atoms with Gasteiger partial charge in [-0.05, 0) is 36.4 Å². The largest absolute Gasteiger partial charge is 0.298 e. The van der Waals surface area contributed by atoms with Crippen LogP contribution in [0.3, 0.4) is 0 Å². The van der Waals surface area contributed by atoms with Crippen molar-refractivity contribution >= 4 is 5.65 Å². The van der Waals surface area contributed by atoms with E-state index in [0.717, 1.165) is 30.0 Å². The maximum absolute atomic E-state index is 9.06. The number of hydrogen-bond donors (Lipinski definition) is 0. The molecule has 0 spiro atoms. The molecule has 1 aliphatic rings. The molecule has 0 N–H and O–H groups in total. The summed E-state index contributed by atoms with van der Waals surface area (Å²) >= 11 is 0. The van der Waals surface area contributed by atoms with E-state index in [1.54, 1.807) is 6.07 Å². The smallest absolute Gasteiger partial charge is 0.137 e. The molecule has 3 aromatic rings. The minimum Gasteiger partial charge on any atom is -0.298 e. The molecule has 0 atom stereocenters. The number of imidazole rings is 1. The van der Waals surface area contributed by atoms with Crippen molar-refractivity contribution in [3.8, 4) is 17.3 Å². The molecule has 0 saturated heterocycles. The van der Waals surface area contributed by atoms with Crippen LogP contribution in [-0.4, -0.2) is 21.3 Å². The Bertz CT molecular complexity index is 885. The molecule has 0 aliphatic carbocycles. The van der Waals surface area contributed by atoms with E-state index in [1.165, 1.54) is 11.1 Å². The molecule has 4 nitrogen and oxygen atoms in total. The number of aromatic nitrogens is 2. The summed E-state index contributed by atoms with van der Waals surface area (Å²) in [6, 6.07) is 12.4. The molecule has 3 heterocycles. The van der Waals surface area contributed by atoms with Crippen molar-refractivity contribution in [2.45, 2.75) is 13.1 Å². The second-order valence-corrected chi connectivity index (χ2v) is 5.56. The first-order valence-electron chi connectivity index (χ1n) is 6.92. The lowest BCUT2D eigenvalue weighted by molar-refractivity contribution is 0.353. The van der Waals surface area contributed by atoms with Gasteiger partial charge in [0, 0.05) is 24.8 Å². The van der Waals surface area contributed by atoms with Gasteiger partial charge < -0.3 is 0 Å². The maximum atomic E-state index is 9.06. The molecule has 4 rings (SSSR count). The van der Waals surface area contributed by atoms with Gasteiger partial charge in [-0.2, -0.15) is 5.26 Å². The molecule has 102 valence electrons. The molecule has 0 radical (unpaired) electrons. The van der Waals surface area contributed by atoms with Crippen LogP contribution in [0, 0.1) is 11.3 Å². The van der Waals surface area contributed by atoms with E-state index in [9.17, 15) is 0 Å². The molecule has 0 fully saturated rings. The van der Waals surface area contributed by atoms with Crippen molar-refractivity contribution < 1.29 is 0 Å². The van der Waals surface area contributed by atoms with Crippen molar-refractivity contribution in [1.82, 2.24) is 14.3 Å². The Morgan fingerprint density at radius 2 is 2.00 bits per heavy atom. The summed E-state index contributed by atoms with van der Waals surface area (Å²) < 4.78 is 1.99. The molecule has 0 unspecified atom stereocenters. The Kier molecular flexibility index (Phi) is 2.56. The van der Waals surface area contributed by atoms with E-state index in [4.69, 9.17) is 5.26 Å². The summed E-state index contributed by atoms with van der Waals surface area (Å²) in [5.74, 6) is 0. The predicted molar refractivity (Wildman–Crippen MR) is 80.5 cm³/mol. The molecule has 1 aromatic carbocycles. The third-order valence-electron chi connectivity index (χ3n) is 4.02. The van der Waals surface area contributed by atoms with E-state index in [-0.39, 0.29) is 0 Å². The highest BCUT2D eigenvalue weighted by molar-refractivity contribution is 5.65. The van der Waals surface area contributed by atoms with Crippen molar-refractivity contribution in [2.24, 2.45) is 0 Å². The highest BCUT2D eigenvalue weighted by Crippen LogP contribution is 2.28. The molecule has 0 bridgehead atoms. The first-order chi connectivity index (χ1) is 10.2. The number of nitrogens with zero attached hydrogens (tertiary/aromatic N) is 4. The van der Waals surface area contributed by atoms with Crippen molar-refractivity contribution in [3.05, 3.63) is 59.4 Å². The van der Waals surface area contributed by atoms with Crippen LogP contribution >= 0.6 is 0 Å². The SMILES string of the molecule is CN1Cc2ccc(-c3cnc4ccc(C#N)cn34)cc2C1. The van der Waals surface area contributed by atoms with E-state index in [2.05, 4.69) is 41.2 Å². The van der Waals surface area contributed by atoms with Crippen LogP contribution in [0.2, 0.25) is 0 Å². The third kappa shape index (κ3) is 1.91. The quantitative estimate of drug-likeness (QED) is 0.685. The number of pyridine rings is 1. The summed E-state index contributed by atoms with van der Waals surface area (Å²) in [5.41, 5.74) is 6.45. The average Bonchev–Trinajstić information content (AvgIpc) is 3.07. The lowest BCUT2D eigenvalue weighted by atomic mass is 10.0. The van der Waals surface area contributed by atoms with Gasteiger partial charge in [-0.25, -0.2) is 4.98 Å². The van der Waals surface area contributed by atoms with Crippen LogP contribution in [0.4, 0.5) is 0 Å². The molecular formula is C17H14N4. The molecule has 21 heavy (non-hydrogen) atoms. The summed E-state index contributed by atoms with van der Waals surface area (Å²) in [6.07, 6.45) is 3.72. The van der Waals surface area contributed by atoms with Crippen LogP contribution < -0.4 is 0 Å². The molecule has 4 heteroatoms. The van der Waals surface area contributed by atoms with Gasteiger partial charge in [0.05, 0.1) is 17.5 Å². The van der Waals surface area contributed by atoms with Gasteiger partial charge in [0.2, 0.25) is 0 Å². The predicted octanol–water partition coefficient (Wildman–Crippen LogP) is 2.82. The summed E-state index contributed by atoms with van der Waals surface area (Å²) in [4.78, 5) is 6.72. The number of hydrogen-bond acceptors (Lipinski definition) is 3. The van der Waals surface area contributed by atoms with Gasteiger partial charge in [-0.1, -0.05) is 12.1 Å². The molecule has 1 aliphatic heterocycles. The molecule has 0 amide bonds. The van der Waals surface area contributed by atoms with Gasteiger partial charge in [0.1, 0.15) is 11.7 Å². The van der Waals surface area contributed by atoms with Crippen molar-refractivity contribution in [2.75, 3.05) is 7.05 Å². The van der Waals surface area contributed by atoms with Crippen molar-refractivity contribution in [1.29, 1.82) is 5.26 Å². The number of benzene rings is 1.